The molecule has 1 saturated heterocycles. The predicted octanol–water partition coefficient (Wildman–Crippen LogP) is 1.70. The standard InChI is InChI=1S/C12H14F3N3O3/c13-12(14,15)7-20-8-1-3-17-10(5-8)18-4-2-9(6-18)21-11(16)19/h1,3,5,9H,2,4,6-7H2,(H2,16,19). The van der Waals surface area contributed by atoms with Crippen molar-refractivity contribution in [2.45, 2.75) is 18.7 Å². The van der Waals surface area contributed by atoms with Crippen LogP contribution >= 0.6 is 0 Å². The fraction of sp³-hybridized carbons (Fsp3) is 0.500. The Labute approximate surface area is 118 Å². The van der Waals surface area contributed by atoms with E-state index in [2.05, 4.69) is 9.72 Å². The molecule has 1 aromatic rings. The number of aromatic nitrogens is 1. The summed E-state index contributed by atoms with van der Waals surface area (Å²) in [6.07, 6.45) is -3.64. The van der Waals surface area contributed by atoms with E-state index in [1.807, 2.05) is 0 Å². The van der Waals surface area contributed by atoms with Gasteiger partial charge in [-0.3, -0.25) is 0 Å². The highest BCUT2D eigenvalue weighted by atomic mass is 19.4. The highest BCUT2D eigenvalue weighted by molar-refractivity contribution is 5.65. The minimum Gasteiger partial charge on any atom is -0.484 e. The first-order chi connectivity index (χ1) is 9.83. The van der Waals surface area contributed by atoms with E-state index >= 15 is 0 Å². The fourth-order valence-corrected chi connectivity index (χ4v) is 2.02. The quantitative estimate of drug-likeness (QED) is 0.916. The largest absolute Gasteiger partial charge is 0.484 e. The molecule has 2 N–H and O–H groups in total. The number of anilines is 1. The molecule has 21 heavy (non-hydrogen) atoms. The maximum absolute atomic E-state index is 12.1. The Morgan fingerprint density at radius 1 is 1.52 bits per heavy atom. The Bertz CT molecular complexity index is 510. The van der Waals surface area contributed by atoms with Crippen molar-refractivity contribution < 1.29 is 27.4 Å². The third-order valence-electron chi connectivity index (χ3n) is 2.87. The van der Waals surface area contributed by atoms with Crippen LogP contribution in [-0.2, 0) is 4.74 Å². The summed E-state index contributed by atoms with van der Waals surface area (Å²) < 4.78 is 45.9. The number of carbonyl (C=O) groups excluding carboxylic acids is 1. The number of nitrogens with two attached hydrogens (primary N) is 1. The van der Waals surface area contributed by atoms with Gasteiger partial charge in [-0.2, -0.15) is 13.2 Å². The average molecular weight is 305 g/mol. The number of nitrogens with zero attached hydrogens (tertiary/aromatic N) is 2. The summed E-state index contributed by atoms with van der Waals surface area (Å²) in [6.45, 7) is -0.407. The van der Waals surface area contributed by atoms with E-state index in [1.54, 1.807) is 4.90 Å². The van der Waals surface area contributed by atoms with E-state index in [4.69, 9.17) is 10.5 Å². The maximum atomic E-state index is 12.1. The molecule has 1 amide bonds. The van der Waals surface area contributed by atoms with Crippen molar-refractivity contribution in [1.82, 2.24) is 4.98 Å². The molecule has 0 radical (unpaired) electrons. The van der Waals surface area contributed by atoms with Gasteiger partial charge in [0.2, 0.25) is 0 Å². The summed E-state index contributed by atoms with van der Waals surface area (Å²) >= 11 is 0. The zero-order valence-corrected chi connectivity index (χ0v) is 11.0. The lowest BCUT2D eigenvalue weighted by atomic mass is 10.3. The highest BCUT2D eigenvalue weighted by Gasteiger charge is 2.29. The minimum absolute atomic E-state index is 0.0802. The molecule has 1 aliphatic heterocycles. The number of rotatable bonds is 4. The van der Waals surface area contributed by atoms with Gasteiger partial charge < -0.3 is 20.1 Å². The Morgan fingerprint density at radius 3 is 2.95 bits per heavy atom. The first kappa shape index (κ1) is 15.2. The molecule has 0 saturated carbocycles. The highest BCUT2D eigenvalue weighted by Crippen LogP contribution is 2.24. The number of pyridine rings is 1. The Kier molecular flexibility index (Phi) is 4.39. The molecule has 2 heterocycles. The van der Waals surface area contributed by atoms with Gasteiger partial charge in [-0.25, -0.2) is 9.78 Å². The summed E-state index contributed by atoms with van der Waals surface area (Å²) in [4.78, 5) is 16.5. The molecule has 1 unspecified atom stereocenters. The minimum atomic E-state index is -4.39. The summed E-state index contributed by atoms with van der Waals surface area (Å²) in [5.74, 6) is 0.543. The van der Waals surface area contributed by atoms with E-state index < -0.39 is 18.9 Å². The van der Waals surface area contributed by atoms with Crippen molar-refractivity contribution in [3.05, 3.63) is 18.3 Å². The normalized spacial score (nSPS) is 18.6. The van der Waals surface area contributed by atoms with Crippen LogP contribution in [0.2, 0.25) is 0 Å². The van der Waals surface area contributed by atoms with Crippen LogP contribution in [0.25, 0.3) is 0 Å². The number of halogens is 3. The maximum Gasteiger partial charge on any atom is 0.422 e. The third kappa shape index (κ3) is 4.69. The molecular weight excluding hydrogens is 291 g/mol. The Hall–Kier alpha value is -2.19. The van der Waals surface area contributed by atoms with E-state index in [0.29, 0.717) is 25.3 Å². The van der Waals surface area contributed by atoms with Gasteiger partial charge in [0.15, 0.2) is 6.61 Å². The van der Waals surface area contributed by atoms with E-state index in [0.717, 1.165) is 0 Å². The number of ether oxygens (including phenoxy) is 2. The summed E-state index contributed by atoms with van der Waals surface area (Å²) in [7, 11) is 0. The summed E-state index contributed by atoms with van der Waals surface area (Å²) in [6, 6.07) is 2.76. The number of hydrogen-bond acceptors (Lipinski definition) is 5. The zero-order chi connectivity index (χ0) is 15.5. The lowest BCUT2D eigenvalue weighted by molar-refractivity contribution is -0.153. The molecule has 0 aliphatic carbocycles. The number of carbonyl (C=O) groups is 1. The van der Waals surface area contributed by atoms with Gasteiger partial charge in [0.25, 0.3) is 0 Å². The Morgan fingerprint density at radius 2 is 2.29 bits per heavy atom. The van der Waals surface area contributed by atoms with Gasteiger partial charge in [0, 0.05) is 25.2 Å². The van der Waals surface area contributed by atoms with Crippen molar-refractivity contribution in [3.8, 4) is 5.75 Å². The van der Waals surface area contributed by atoms with Crippen molar-refractivity contribution in [2.75, 3.05) is 24.6 Å². The third-order valence-corrected chi connectivity index (χ3v) is 2.87. The van der Waals surface area contributed by atoms with Crippen LogP contribution in [0, 0.1) is 0 Å². The van der Waals surface area contributed by atoms with Crippen LogP contribution in [0.4, 0.5) is 23.8 Å². The second kappa shape index (κ2) is 6.06. The topological polar surface area (TPSA) is 77.7 Å². The van der Waals surface area contributed by atoms with Crippen LogP contribution in [0.3, 0.4) is 0 Å². The van der Waals surface area contributed by atoms with Crippen LogP contribution in [-0.4, -0.2) is 43.1 Å². The molecule has 0 aromatic carbocycles. The molecule has 1 atom stereocenters. The molecule has 0 spiro atoms. The fourth-order valence-electron chi connectivity index (χ4n) is 2.02. The summed E-state index contributed by atoms with van der Waals surface area (Å²) in [5.41, 5.74) is 4.94. The van der Waals surface area contributed by atoms with Gasteiger partial charge >= 0.3 is 12.3 Å². The second-order valence-corrected chi connectivity index (χ2v) is 4.55. The molecule has 9 heteroatoms. The van der Waals surface area contributed by atoms with Crippen LogP contribution in [0.1, 0.15) is 6.42 Å². The lowest BCUT2D eigenvalue weighted by Gasteiger charge is -2.18. The average Bonchev–Trinajstić information content (AvgIpc) is 2.83. The van der Waals surface area contributed by atoms with Gasteiger partial charge in [-0.05, 0) is 6.07 Å². The van der Waals surface area contributed by atoms with Gasteiger partial charge in [0.05, 0.1) is 6.54 Å². The molecule has 0 bridgehead atoms. The van der Waals surface area contributed by atoms with Gasteiger partial charge in [-0.15, -0.1) is 0 Å². The molecule has 116 valence electrons. The molecule has 1 aromatic heterocycles. The number of alkyl halides is 3. The second-order valence-electron chi connectivity index (χ2n) is 4.55. The van der Waals surface area contributed by atoms with Crippen molar-refractivity contribution in [2.24, 2.45) is 5.73 Å². The first-order valence-corrected chi connectivity index (χ1v) is 6.20. The molecule has 1 aliphatic rings. The van der Waals surface area contributed by atoms with E-state index in [1.165, 1.54) is 18.3 Å². The van der Waals surface area contributed by atoms with Crippen LogP contribution in [0.15, 0.2) is 18.3 Å². The SMILES string of the molecule is NC(=O)OC1CCN(c2cc(OCC(F)(F)F)ccn2)C1. The van der Waals surface area contributed by atoms with Gasteiger partial charge in [0.1, 0.15) is 17.7 Å². The van der Waals surface area contributed by atoms with E-state index in [9.17, 15) is 18.0 Å². The monoisotopic (exact) mass is 305 g/mol. The van der Waals surface area contributed by atoms with Crippen molar-refractivity contribution in [3.63, 3.8) is 0 Å². The number of amides is 1. The molecule has 6 nitrogen and oxygen atoms in total. The first-order valence-electron chi connectivity index (χ1n) is 6.20. The van der Waals surface area contributed by atoms with Gasteiger partial charge in [-0.1, -0.05) is 0 Å². The molecule has 2 rings (SSSR count). The molecular formula is C12H14F3N3O3. The molecule has 1 fully saturated rings. The summed E-state index contributed by atoms with van der Waals surface area (Å²) in [5, 5.41) is 0. The predicted molar refractivity (Wildman–Crippen MR) is 67.1 cm³/mol. The van der Waals surface area contributed by atoms with Crippen LogP contribution < -0.4 is 15.4 Å². The van der Waals surface area contributed by atoms with Crippen LogP contribution in [0.5, 0.6) is 5.75 Å². The van der Waals surface area contributed by atoms with Crippen molar-refractivity contribution >= 4 is 11.9 Å². The lowest BCUT2D eigenvalue weighted by Crippen LogP contribution is -2.27. The van der Waals surface area contributed by atoms with E-state index in [-0.39, 0.29) is 11.9 Å². The van der Waals surface area contributed by atoms with Crippen molar-refractivity contribution in [1.29, 1.82) is 0 Å². The zero-order valence-electron chi connectivity index (χ0n) is 11.0. The number of primary amides is 1. The Balaban J connectivity index is 1.96. The number of hydrogen-bond donors (Lipinski definition) is 1. The smallest absolute Gasteiger partial charge is 0.422 e.